The second-order valence-electron chi connectivity index (χ2n) is 7.38. The van der Waals surface area contributed by atoms with Crippen LogP contribution in [0.4, 0.5) is 0 Å². The van der Waals surface area contributed by atoms with Gasteiger partial charge in [-0.1, -0.05) is 13.8 Å². The van der Waals surface area contributed by atoms with Gasteiger partial charge in [0.05, 0.1) is 6.54 Å². The van der Waals surface area contributed by atoms with Crippen LogP contribution in [0.15, 0.2) is 0 Å². The average molecular weight is 194 g/mol. The largest absolute Gasteiger partial charge is 0.357 e. The van der Waals surface area contributed by atoms with Gasteiger partial charge >= 0.3 is 0 Å². The molecule has 0 aromatic rings. The lowest BCUT2D eigenvalue weighted by atomic mass is 9.40. The molecule has 0 radical (unpaired) electrons. The van der Waals surface area contributed by atoms with Crippen LogP contribution in [0.3, 0.4) is 0 Å². The van der Waals surface area contributed by atoms with Crippen molar-refractivity contribution in [3.05, 3.63) is 0 Å². The first-order valence-corrected chi connectivity index (χ1v) is 6.26. The quantitative estimate of drug-likeness (QED) is 0.663. The fourth-order valence-corrected chi connectivity index (χ4v) is 5.96. The maximum atomic E-state index is 4.24. The van der Waals surface area contributed by atoms with Gasteiger partial charge in [-0.15, -0.1) is 0 Å². The first-order valence-electron chi connectivity index (χ1n) is 6.26. The highest BCUT2D eigenvalue weighted by atomic mass is 14.7. The van der Waals surface area contributed by atoms with Crippen molar-refractivity contribution in [1.29, 1.82) is 0 Å². The molecule has 2 unspecified atom stereocenters. The monoisotopic (exact) mass is 194 g/mol. The Hall–Kier alpha value is -0.0400. The SMILES string of the molecule is CC12CC3CC(C)(C1)CC(C[NH3+])(C3)C2. The Labute approximate surface area is 87.4 Å². The molecule has 4 saturated carbocycles. The summed E-state index contributed by atoms with van der Waals surface area (Å²) in [4.78, 5) is 0. The van der Waals surface area contributed by atoms with E-state index in [0.717, 1.165) is 5.92 Å². The van der Waals surface area contributed by atoms with E-state index < -0.39 is 0 Å². The molecule has 4 bridgehead atoms. The van der Waals surface area contributed by atoms with Crippen LogP contribution >= 0.6 is 0 Å². The first-order chi connectivity index (χ1) is 6.47. The van der Waals surface area contributed by atoms with Gasteiger partial charge in [-0.25, -0.2) is 0 Å². The van der Waals surface area contributed by atoms with Gasteiger partial charge in [0.2, 0.25) is 0 Å². The van der Waals surface area contributed by atoms with Gasteiger partial charge in [-0.2, -0.15) is 0 Å². The van der Waals surface area contributed by atoms with Gasteiger partial charge in [-0.05, 0) is 55.3 Å². The number of quaternary nitrogens is 1. The summed E-state index contributed by atoms with van der Waals surface area (Å²) >= 11 is 0. The van der Waals surface area contributed by atoms with Crippen LogP contribution in [0, 0.1) is 22.2 Å². The van der Waals surface area contributed by atoms with Gasteiger partial charge in [0.1, 0.15) is 0 Å². The summed E-state index contributed by atoms with van der Waals surface area (Å²) in [5.74, 6) is 1.04. The third-order valence-electron chi connectivity index (χ3n) is 5.27. The predicted octanol–water partition coefficient (Wildman–Crippen LogP) is 2.22. The molecule has 2 atom stereocenters. The van der Waals surface area contributed by atoms with Crippen molar-refractivity contribution in [2.45, 2.75) is 52.4 Å². The Bertz CT molecular complexity index is 252. The maximum Gasteiger partial charge on any atom is 0.0797 e. The van der Waals surface area contributed by atoms with E-state index in [1.807, 2.05) is 0 Å². The Balaban J connectivity index is 2.01. The van der Waals surface area contributed by atoms with Crippen LogP contribution in [0.1, 0.15) is 52.4 Å². The van der Waals surface area contributed by atoms with E-state index in [0.29, 0.717) is 16.2 Å². The molecule has 0 aliphatic heterocycles. The van der Waals surface area contributed by atoms with Crippen molar-refractivity contribution in [1.82, 2.24) is 0 Å². The number of rotatable bonds is 1. The molecular formula is C13H24N+. The van der Waals surface area contributed by atoms with E-state index in [2.05, 4.69) is 19.6 Å². The highest BCUT2D eigenvalue weighted by molar-refractivity contribution is 5.09. The smallest absolute Gasteiger partial charge is 0.0797 e. The molecule has 4 fully saturated rings. The molecular weight excluding hydrogens is 170 g/mol. The Morgan fingerprint density at radius 1 is 1.00 bits per heavy atom. The lowest BCUT2D eigenvalue weighted by Crippen LogP contribution is -2.66. The summed E-state index contributed by atoms with van der Waals surface area (Å²) in [5.41, 5.74) is 6.27. The van der Waals surface area contributed by atoms with E-state index in [1.54, 1.807) is 0 Å². The normalized spacial score (nSPS) is 60.6. The minimum absolute atomic E-state index is 0.656. The third kappa shape index (κ3) is 1.11. The number of hydrogen-bond acceptors (Lipinski definition) is 0. The summed E-state index contributed by atoms with van der Waals surface area (Å²) in [5, 5.41) is 0. The average Bonchev–Trinajstić information content (AvgIpc) is 1.97. The molecule has 14 heavy (non-hydrogen) atoms. The summed E-state index contributed by atoms with van der Waals surface area (Å²) in [6.45, 7) is 6.27. The molecule has 0 aromatic carbocycles. The van der Waals surface area contributed by atoms with Crippen molar-refractivity contribution < 1.29 is 5.73 Å². The summed E-state index contributed by atoms with van der Waals surface area (Å²) in [6.07, 6.45) is 9.00. The van der Waals surface area contributed by atoms with E-state index in [4.69, 9.17) is 0 Å². The van der Waals surface area contributed by atoms with Gasteiger partial charge in [-0.3, -0.25) is 0 Å². The van der Waals surface area contributed by atoms with Crippen LogP contribution in [-0.2, 0) is 0 Å². The zero-order valence-electron chi connectivity index (χ0n) is 9.73. The Morgan fingerprint density at radius 2 is 1.57 bits per heavy atom. The van der Waals surface area contributed by atoms with Crippen molar-refractivity contribution >= 4 is 0 Å². The lowest BCUT2D eigenvalue weighted by Gasteiger charge is -2.64. The second-order valence-corrected chi connectivity index (χ2v) is 7.38. The van der Waals surface area contributed by atoms with E-state index in [9.17, 15) is 0 Å². The predicted molar refractivity (Wildman–Crippen MR) is 57.6 cm³/mol. The summed E-state index contributed by atoms with van der Waals surface area (Å²) in [6, 6.07) is 0. The minimum atomic E-state index is 0.656. The van der Waals surface area contributed by atoms with Gasteiger partial charge in [0, 0.05) is 5.41 Å². The molecule has 0 aromatic heterocycles. The molecule has 3 N–H and O–H groups in total. The van der Waals surface area contributed by atoms with Crippen LogP contribution in [0.5, 0.6) is 0 Å². The van der Waals surface area contributed by atoms with Crippen molar-refractivity contribution in [2.75, 3.05) is 6.54 Å². The third-order valence-corrected chi connectivity index (χ3v) is 5.27. The molecule has 0 amide bonds. The Morgan fingerprint density at radius 3 is 2.00 bits per heavy atom. The molecule has 4 rings (SSSR count). The van der Waals surface area contributed by atoms with Crippen LogP contribution < -0.4 is 5.73 Å². The van der Waals surface area contributed by atoms with Gasteiger partial charge in [0.25, 0.3) is 0 Å². The van der Waals surface area contributed by atoms with Crippen LogP contribution in [-0.4, -0.2) is 6.54 Å². The Kier molecular flexibility index (Phi) is 1.56. The zero-order chi connectivity index (χ0) is 10.0. The molecule has 4 aliphatic rings. The lowest BCUT2D eigenvalue weighted by molar-refractivity contribution is -0.408. The summed E-state index contributed by atoms with van der Waals surface area (Å²) in [7, 11) is 0. The highest BCUT2D eigenvalue weighted by Gasteiger charge is 2.60. The second kappa shape index (κ2) is 2.37. The maximum absolute atomic E-state index is 4.24. The molecule has 0 spiro atoms. The standard InChI is InChI=1S/C13H23N/c1-11-3-10-4-12(2,6-11)8-13(5-10,7-11)9-14/h10H,3-9,14H2,1-2H3/p+1. The van der Waals surface area contributed by atoms with Gasteiger partial charge < -0.3 is 5.73 Å². The summed E-state index contributed by atoms with van der Waals surface area (Å²) < 4.78 is 0. The molecule has 1 nitrogen and oxygen atoms in total. The van der Waals surface area contributed by atoms with Crippen molar-refractivity contribution in [3.8, 4) is 0 Å². The van der Waals surface area contributed by atoms with Crippen molar-refractivity contribution in [2.24, 2.45) is 22.2 Å². The van der Waals surface area contributed by atoms with Crippen LogP contribution in [0.25, 0.3) is 0 Å². The highest BCUT2D eigenvalue weighted by Crippen LogP contribution is 2.69. The molecule has 80 valence electrons. The van der Waals surface area contributed by atoms with E-state index in [-0.39, 0.29) is 0 Å². The molecule has 4 aliphatic carbocycles. The molecule has 0 heterocycles. The van der Waals surface area contributed by atoms with E-state index >= 15 is 0 Å². The molecule has 1 heteroatoms. The first kappa shape index (κ1) is 9.21. The topological polar surface area (TPSA) is 27.6 Å². The minimum Gasteiger partial charge on any atom is -0.357 e. The fraction of sp³-hybridized carbons (Fsp3) is 1.00. The zero-order valence-corrected chi connectivity index (χ0v) is 9.73. The van der Waals surface area contributed by atoms with Crippen LogP contribution in [0.2, 0.25) is 0 Å². The number of hydrogen-bond donors (Lipinski definition) is 1. The fourth-order valence-electron chi connectivity index (χ4n) is 5.96. The van der Waals surface area contributed by atoms with Gasteiger partial charge in [0.15, 0.2) is 0 Å². The van der Waals surface area contributed by atoms with Crippen molar-refractivity contribution in [3.63, 3.8) is 0 Å². The molecule has 0 saturated heterocycles. The van der Waals surface area contributed by atoms with E-state index in [1.165, 1.54) is 45.1 Å².